The third kappa shape index (κ3) is 5.19. The second-order valence-corrected chi connectivity index (χ2v) is 8.77. The summed E-state index contributed by atoms with van der Waals surface area (Å²) in [6.45, 7) is 6.63. The van der Waals surface area contributed by atoms with Crippen LogP contribution < -0.4 is 5.32 Å². The first-order valence-electron chi connectivity index (χ1n) is 10.9. The van der Waals surface area contributed by atoms with Gasteiger partial charge in [-0.3, -0.25) is 9.97 Å². The van der Waals surface area contributed by atoms with Gasteiger partial charge in [0.25, 0.3) is 0 Å². The molecule has 0 bridgehead atoms. The van der Waals surface area contributed by atoms with Crippen LogP contribution in [0.3, 0.4) is 0 Å². The van der Waals surface area contributed by atoms with Gasteiger partial charge in [0.2, 0.25) is 0 Å². The Morgan fingerprint density at radius 3 is 2.45 bits per heavy atom. The number of alkyl carbamates (subject to hydrolysis) is 1. The van der Waals surface area contributed by atoms with E-state index in [1.807, 2.05) is 45.0 Å². The standard InChI is InChI=1S/C26H27FN4O2/c1-26(2,3)33-25(32)30-14-5-17-31-21-6-4-13-29-23(21)22(18-7-9-20(27)10-8-18)24(31)19-11-15-28-16-12-19/h4,6-13,15-16H,5,14,17H2,1-3H3,(H,30,32). The number of nitrogens with one attached hydrogen (secondary N) is 1. The van der Waals surface area contributed by atoms with E-state index >= 15 is 0 Å². The number of amides is 1. The van der Waals surface area contributed by atoms with Gasteiger partial charge in [0.05, 0.1) is 16.7 Å². The molecule has 0 aliphatic carbocycles. The van der Waals surface area contributed by atoms with Crippen molar-refractivity contribution in [3.05, 3.63) is 72.9 Å². The molecule has 1 amide bonds. The quantitative estimate of drug-likeness (QED) is 0.379. The molecule has 3 aromatic heterocycles. The van der Waals surface area contributed by atoms with Gasteiger partial charge in [0, 0.05) is 42.8 Å². The molecule has 1 aromatic carbocycles. The van der Waals surface area contributed by atoms with Gasteiger partial charge < -0.3 is 14.6 Å². The van der Waals surface area contributed by atoms with Gasteiger partial charge in [-0.15, -0.1) is 0 Å². The van der Waals surface area contributed by atoms with Crippen molar-refractivity contribution in [1.82, 2.24) is 19.9 Å². The minimum Gasteiger partial charge on any atom is -0.444 e. The maximum Gasteiger partial charge on any atom is 0.407 e. The Morgan fingerprint density at radius 1 is 1.03 bits per heavy atom. The Morgan fingerprint density at radius 2 is 1.76 bits per heavy atom. The Hall–Kier alpha value is -3.74. The highest BCUT2D eigenvalue weighted by atomic mass is 19.1. The van der Waals surface area contributed by atoms with Crippen molar-refractivity contribution in [3.8, 4) is 22.4 Å². The van der Waals surface area contributed by atoms with E-state index < -0.39 is 11.7 Å². The zero-order valence-corrected chi connectivity index (χ0v) is 19.0. The summed E-state index contributed by atoms with van der Waals surface area (Å²) >= 11 is 0. The number of halogens is 1. The number of ether oxygens (including phenoxy) is 1. The molecule has 4 rings (SSSR count). The number of aromatic nitrogens is 3. The predicted molar refractivity (Wildman–Crippen MR) is 127 cm³/mol. The van der Waals surface area contributed by atoms with E-state index in [1.165, 1.54) is 12.1 Å². The smallest absolute Gasteiger partial charge is 0.407 e. The van der Waals surface area contributed by atoms with Gasteiger partial charge in [0.15, 0.2) is 0 Å². The summed E-state index contributed by atoms with van der Waals surface area (Å²) in [6.07, 6.45) is 5.54. The average molecular weight is 447 g/mol. The number of carbonyl (C=O) groups excluding carboxylic acids is 1. The highest BCUT2D eigenvalue weighted by molar-refractivity contribution is 6.02. The summed E-state index contributed by atoms with van der Waals surface area (Å²) < 4.78 is 21.2. The zero-order valence-electron chi connectivity index (χ0n) is 19.0. The van der Waals surface area contributed by atoms with Crippen molar-refractivity contribution in [2.75, 3.05) is 6.54 Å². The van der Waals surface area contributed by atoms with Crippen molar-refractivity contribution in [2.45, 2.75) is 39.3 Å². The molecule has 7 heteroatoms. The minimum atomic E-state index is -0.537. The molecular weight excluding hydrogens is 419 g/mol. The molecule has 0 saturated heterocycles. The summed E-state index contributed by atoms with van der Waals surface area (Å²) in [5.41, 5.74) is 5.08. The molecule has 0 radical (unpaired) electrons. The Kier molecular flexibility index (Phi) is 6.40. The zero-order chi connectivity index (χ0) is 23.4. The van der Waals surface area contributed by atoms with Crippen LogP contribution in [0.5, 0.6) is 0 Å². The SMILES string of the molecule is CC(C)(C)OC(=O)NCCCn1c(-c2ccncc2)c(-c2ccc(F)cc2)c2ncccc21. The van der Waals surface area contributed by atoms with Crippen molar-refractivity contribution in [2.24, 2.45) is 0 Å². The van der Waals surface area contributed by atoms with Crippen molar-refractivity contribution < 1.29 is 13.9 Å². The number of carbonyl (C=O) groups is 1. The van der Waals surface area contributed by atoms with E-state index in [9.17, 15) is 9.18 Å². The van der Waals surface area contributed by atoms with Crippen LogP contribution >= 0.6 is 0 Å². The van der Waals surface area contributed by atoms with Crippen LogP contribution in [0, 0.1) is 5.82 Å². The van der Waals surface area contributed by atoms with Crippen LogP contribution in [-0.4, -0.2) is 32.8 Å². The molecule has 0 unspecified atom stereocenters. The number of pyridine rings is 2. The third-order valence-electron chi connectivity index (χ3n) is 5.13. The molecule has 0 atom stereocenters. The van der Waals surface area contributed by atoms with Gasteiger partial charge in [-0.2, -0.15) is 0 Å². The summed E-state index contributed by atoms with van der Waals surface area (Å²) in [6, 6.07) is 14.3. The van der Waals surface area contributed by atoms with Crippen molar-refractivity contribution >= 4 is 17.1 Å². The van der Waals surface area contributed by atoms with Crippen LogP contribution in [0.25, 0.3) is 33.4 Å². The van der Waals surface area contributed by atoms with Crippen LogP contribution in [0.15, 0.2) is 67.1 Å². The van der Waals surface area contributed by atoms with Crippen molar-refractivity contribution in [3.63, 3.8) is 0 Å². The fourth-order valence-electron chi connectivity index (χ4n) is 3.85. The molecule has 4 aromatic rings. The second-order valence-electron chi connectivity index (χ2n) is 8.77. The molecule has 170 valence electrons. The van der Waals surface area contributed by atoms with Gasteiger partial charge in [-0.25, -0.2) is 9.18 Å². The number of rotatable bonds is 6. The third-order valence-corrected chi connectivity index (χ3v) is 5.13. The topological polar surface area (TPSA) is 69.0 Å². The van der Waals surface area contributed by atoms with Gasteiger partial charge in [-0.1, -0.05) is 12.1 Å². The van der Waals surface area contributed by atoms with Gasteiger partial charge in [0.1, 0.15) is 11.4 Å². The molecule has 0 aliphatic rings. The van der Waals surface area contributed by atoms with E-state index in [2.05, 4.69) is 19.9 Å². The van der Waals surface area contributed by atoms with Crippen LogP contribution in [0.1, 0.15) is 27.2 Å². The van der Waals surface area contributed by atoms with Gasteiger partial charge in [-0.05, 0) is 69.2 Å². The maximum atomic E-state index is 13.6. The molecule has 0 spiro atoms. The number of benzene rings is 1. The fraction of sp³-hybridized carbons (Fsp3) is 0.269. The Labute approximate surface area is 192 Å². The minimum absolute atomic E-state index is 0.283. The largest absolute Gasteiger partial charge is 0.444 e. The Bertz CT molecular complexity index is 1250. The number of aryl methyl sites for hydroxylation is 1. The van der Waals surface area contributed by atoms with Crippen LogP contribution in [0.2, 0.25) is 0 Å². The lowest BCUT2D eigenvalue weighted by molar-refractivity contribution is 0.0527. The summed E-state index contributed by atoms with van der Waals surface area (Å²) in [5, 5.41) is 2.82. The number of hydrogen-bond donors (Lipinski definition) is 1. The summed E-state index contributed by atoms with van der Waals surface area (Å²) in [4.78, 5) is 20.8. The monoisotopic (exact) mass is 446 g/mol. The molecule has 33 heavy (non-hydrogen) atoms. The number of nitrogens with zero attached hydrogens (tertiary/aromatic N) is 3. The molecule has 1 N–H and O–H groups in total. The van der Waals surface area contributed by atoms with E-state index in [0.29, 0.717) is 19.5 Å². The lowest BCUT2D eigenvalue weighted by Gasteiger charge is -2.19. The van der Waals surface area contributed by atoms with Crippen LogP contribution in [0.4, 0.5) is 9.18 Å². The molecule has 0 fully saturated rings. The molecule has 0 saturated carbocycles. The summed E-state index contributed by atoms with van der Waals surface area (Å²) in [5.74, 6) is -0.283. The van der Waals surface area contributed by atoms with Gasteiger partial charge >= 0.3 is 6.09 Å². The van der Waals surface area contributed by atoms with Crippen LogP contribution in [-0.2, 0) is 11.3 Å². The fourth-order valence-corrected chi connectivity index (χ4v) is 3.85. The lowest BCUT2D eigenvalue weighted by atomic mass is 10.0. The number of fused-ring (bicyclic) bond motifs is 1. The molecular formula is C26H27FN4O2. The average Bonchev–Trinajstić information content (AvgIpc) is 3.11. The second kappa shape index (κ2) is 9.40. The first-order chi connectivity index (χ1) is 15.8. The lowest BCUT2D eigenvalue weighted by Crippen LogP contribution is -2.33. The summed E-state index contributed by atoms with van der Waals surface area (Å²) in [7, 11) is 0. The highest BCUT2D eigenvalue weighted by Gasteiger charge is 2.21. The van der Waals surface area contributed by atoms with E-state index in [1.54, 1.807) is 30.7 Å². The molecule has 3 heterocycles. The molecule has 6 nitrogen and oxygen atoms in total. The highest BCUT2D eigenvalue weighted by Crippen LogP contribution is 2.40. The Balaban J connectivity index is 1.71. The maximum absolute atomic E-state index is 13.6. The van der Waals surface area contributed by atoms with E-state index in [4.69, 9.17) is 4.74 Å². The normalized spacial score (nSPS) is 11.5. The first-order valence-corrected chi connectivity index (χ1v) is 10.9. The molecule has 0 aliphatic heterocycles. The van der Waals surface area contributed by atoms with E-state index in [-0.39, 0.29) is 5.82 Å². The van der Waals surface area contributed by atoms with E-state index in [0.717, 1.165) is 33.4 Å². The number of hydrogen-bond acceptors (Lipinski definition) is 4. The predicted octanol–water partition coefficient (Wildman–Crippen LogP) is 5.82. The van der Waals surface area contributed by atoms with Crippen molar-refractivity contribution in [1.29, 1.82) is 0 Å². The first kappa shape index (κ1) is 22.5.